The lowest BCUT2D eigenvalue weighted by Gasteiger charge is -2.02. The van der Waals surface area contributed by atoms with E-state index in [0.717, 1.165) is 5.69 Å². The molecule has 0 aliphatic carbocycles. The average Bonchev–Trinajstić information content (AvgIpc) is 2.22. The van der Waals surface area contributed by atoms with Crippen LogP contribution >= 0.6 is 11.8 Å². The Labute approximate surface area is 94.3 Å². The zero-order valence-corrected chi connectivity index (χ0v) is 9.42. The van der Waals surface area contributed by atoms with Gasteiger partial charge in [-0.3, -0.25) is 0 Å². The maximum absolute atomic E-state index is 5.72. The van der Waals surface area contributed by atoms with Crippen molar-refractivity contribution in [2.75, 3.05) is 5.73 Å². The summed E-state index contributed by atoms with van der Waals surface area (Å²) in [6.45, 7) is 2.09. The Balaban J connectivity index is 2.18. The van der Waals surface area contributed by atoms with Gasteiger partial charge >= 0.3 is 0 Å². The van der Waals surface area contributed by atoms with Crippen molar-refractivity contribution in [3.8, 4) is 0 Å². The molecule has 2 aromatic carbocycles. The van der Waals surface area contributed by atoms with Gasteiger partial charge in [0.2, 0.25) is 0 Å². The second-order valence-corrected chi connectivity index (χ2v) is 4.63. The van der Waals surface area contributed by atoms with E-state index < -0.39 is 0 Å². The van der Waals surface area contributed by atoms with Crippen LogP contribution in [0.1, 0.15) is 5.56 Å². The highest BCUT2D eigenvalue weighted by molar-refractivity contribution is 7.99. The van der Waals surface area contributed by atoms with Gasteiger partial charge in [-0.1, -0.05) is 35.5 Å². The SMILES string of the molecule is Cc1ccc(Sc2cccc(N)c2)cc1. The van der Waals surface area contributed by atoms with Crippen molar-refractivity contribution in [3.63, 3.8) is 0 Å². The van der Waals surface area contributed by atoms with Crippen molar-refractivity contribution >= 4 is 17.4 Å². The largest absolute Gasteiger partial charge is 0.399 e. The van der Waals surface area contributed by atoms with Gasteiger partial charge in [-0.05, 0) is 37.3 Å². The minimum absolute atomic E-state index is 0.812. The van der Waals surface area contributed by atoms with Crippen LogP contribution in [0.25, 0.3) is 0 Å². The lowest BCUT2D eigenvalue weighted by molar-refractivity contribution is 1.36. The minimum atomic E-state index is 0.812. The number of aryl methyl sites for hydroxylation is 1. The summed E-state index contributed by atoms with van der Waals surface area (Å²) >= 11 is 1.73. The summed E-state index contributed by atoms with van der Waals surface area (Å²) in [6.07, 6.45) is 0. The molecule has 0 spiro atoms. The van der Waals surface area contributed by atoms with E-state index in [2.05, 4.69) is 37.3 Å². The molecule has 15 heavy (non-hydrogen) atoms. The summed E-state index contributed by atoms with van der Waals surface area (Å²) in [6, 6.07) is 16.4. The number of hydrogen-bond acceptors (Lipinski definition) is 2. The first-order valence-electron chi connectivity index (χ1n) is 4.84. The summed E-state index contributed by atoms with van der Waals surface area (Å²) in [5.74, 6) is 0. The topological polar surface area (TPSA) is 26.0 Å². The highest BCUT2D eigenvalue weighted by Crippen LogP contribution is 2.28. The molecular formula is C13H13NS. The summed E-state index contributed by atoms with van der Waals surface area (Å²) in [4.78, 5) is 2.42. The molecule has 0 amide bonds. The van der Waals surface area contributed by atoms with Crippen molar-refractivity contribution in [1.82, 2.24) is 0 Å². The molecule has 0 bridgehead atoms. The van der Waals surface area contributed by atoms with Crippen LogP contribution in [0.15, 0.2) is 58.3 Å². The maximum Gasteiger partial charge on any atom is 0.0325 e. The second-order valence-electron chi connectivity index (χ2n) is 3.49. The van der Waals surface area contributed by atoms with Gasteiger partial charge in [-0.15, -0.1) is 0 Å². The number of nitrogens with two attached hydrogens (primary N) is 1. The van der Waals surface area contributed by atoms with E-state index in [1.165, 1.54) is 15.4 Å². The molecular weight excluding hydrogens is 202 g/mol. The van der Waals surface area contributed by atoms with Gasteiger partial charge in [-0.25, -0.2) is 0 Å². The van der Waals surface area contributed by atoms with Crippen LogP contribution in [0.5, 0.6) is 0 Å². The van der Waals surface area contributed by atoms with Gasteiger partial charge in [0.25, 0.3) is 0 Å². The van der Waals surface area contributed by atoms with Crippen LogP contribution in [0.4, 0.5) is 5.69 Å². The molecule has 0 atom stereocenters. The highest BCUT2D eigenvalue weighted by Gasteiger charge is 1.97. The van der Waals surface area contributed by atoms with Crippen molar-refractivity contribution in [2.45, 2.75) is 16.7 Å². The third-order valence-corrected chi connectivity index (χ3v) is 3.11. The predicted molar refractivity (Wildman–Crippen MR) is 66.2 cm³/mol. The van der Waals surface area contributed by atoms with Crippen molar-refractivity contribution in [2.24, 2.45) is 0 Å². The first kappa shape index (κ1) is 10.1. The van der Waals surface area contributed by atoms with Crippen LogP contribution in [0, 0.1) is 6.92 Å². The fourth-order valence-electron chi connectivity index (χ4n) is 1.32. The van der Waals surface area contributed by atoms with Crippen LogP contribution in [-0.2, 0) is 0 Å². The van der Waals surface area contributed by atoms with Crippen molar-refractivity contribution in [3.05, 3.63) is 54.1 Å². The number of rotatable bonds is 2. The quantitative estimate of drug-likeness (QED) is 0.772. The third kappa shape index (κ3) is 2.77. The molecule has 2 rings (SSSR count). The molecule has 2 heteroatoms. The number of hydrogen-bond donors (Lipinski definition) is 1. The molecule has 0 fully saturated rings. The molecule has 2 N–H and O–H groups in total. The first-order chi connectivity index (χ1) is 7.24. The predicted octanol–water partition coefficient (Wildman–Crippen LogP) is 3.73. The molecule has 2 aromatic rings. The molecule has 76 valence electrons. The Morgan fingerprint density at radius 2 is 1.67 bits per heavy atom. The summed E-state index contributed by atoms with van der Waals surface area (Å²) < 4.78 is 0. The molecule has 0 radical (unpaired) electrons. The van der Waals surface area contributed by atoms with E-state index in [4.69, 9.17) is 5.73 Å². The Kier molecular flexibility index (Phi) is 2.97. The summed E-state index contributed by atoms with van der Waals surface area (Å²) in [5, 5.41) is 0. The van der Waals surface area contributed by atoms with Crippen LogP contribution in [0.2, 0.25) is 0 Å². The van der Waals surface area contributed by atoms with Crippen molar-refractivity contribution in [1.29, 1.82) is 0 Å². The Bertz CT molecular complexity index is 448. The Morgan fingerprint density at radius 3 is 2.33 bits per heavy atom. The van der Waals surface area contributed by atoms with Crippen LogP contribution < -0.4 is 5.73 Å². The average molecular weight is 215 g/mol. The summed E-state index contributed by atoms with van der Waals surface area (Å²) in [5.41, 5.74) is 7.82. The number of anilines is 1. The van der Waals surface area contributed by atoms with E-state index in [1.54, 1.807) is 11.8 Å². The monoisotopic (exact) mass is 215 g/mol. The smallest absolute Gasteiger partial charge is 0.0325 e. The lowest BCUT2D eigenvalue weighted by Crippen LogP contribution is -1.83. The van der Waals surface area contributed by atoms with Crippen molar-refractivity contribution < 1.29 is 0 Å². The van der Waals surface area contributed by atoms with E-state index in [0.29, 0.717) is 0 Å². The molecule has 0 aromatic heterocycles. The van der Waals surface area contributed by atoms with Gasteiger partial charge in [0.05, 0.1) is 0 Å². The molecule has 0 saturated heterocycles. The minimum Gasteiger partial charge on any atom is -0.399 e. The summed E-state index contributed by atoms with van der Waals surface area (Å²) in [7, 11) is 0. The van der Waals surface area contributed by atoms with Crippen LogP contribution in [-0.4, -0.2) is 0 Å². The fourth-order valence-corrected chi connectivity index (χ4v) is 2.21. The molecule has 0 unspecified atom stereocenters. The molecule has 1 nitrogen and oxygen atoms in total. The third-order valence-electron chi connectivity index (χ3n) is 2.11. The van der Waals surface area contributed by atoms with Gasteiger partial charge < -0.3 is 5.73 Å². The highest BCUT2D eigenvalue weighted by atomic mass is 32.2. The zero-order chi connectivity index (χ0) is 10.7. The van der Waals surface area contributed by atoms with Gasteiger partial charge in [0.1, 0.15) is 0 Å². The molecule has 0 aliphatic heterocycles. The number of benzene rings is 2. The molecule has 0 heterocycles. The Morgan fingerprint density at radius 1 is 0.933 bits per heavy atom. The first-order valence-corrected chi connectivity index (χ1v) is 5.66. The van der Waals surface area contributed by atoms with E-state index in [1.807, 2.05) is 18.2 Å². The Hall–Kier alpha value is -1.41. The molecule has 0 aliphatic rings. The van der Waals surface area contributed by atoms with Crippen LogP contribution in [0.3, 0.4) is 0 Å². The van der Waals surface area contributed by atoms with Gasteiger partial charge in [-0.2, -0.15) is 0 Å². The number of nitrogen functional groups attached to an aromatic ring is 1. The van der Waals surface area contributed by atoms with E-state index >= 15 is 0 Å². The normalized spacial score (nSPS) is 10.2. The van der Waals surface area contributed by atoms with Gasteiger partial charge in [0, 0.05) is 15.5 Å². The van der Waals surface area contributed by atoms with Gasteiger partial charge in [0.15, 0.2) is 0 Å². The maximum atomic E-state index is 5.72. The fraction of sp³-hybridized carbons (Fsp3) is 0.0769. The van der Waals surface area contributed by atoms with E-state index in [9.17, 15) is 0 Å². The lowest BCUT2D eigenvalue weighted by atomic mass is 10.2. The zero-order valence-electron chi connectivity index (χ0n) is 8.60. The second kappa shape index (κ2) is 4.41. The standard InChI is InChI=1S/C13H13NS/c1-10-5-7-12(8-6-10)15-13-4-2-3-11(14)9-13/h2-9H,14H2,1H3. The molecule has 0 saturated carbocycles. The van der Waals surface area contributed by atoms with E-state index in [-0.39, 0.29) is 0 Å².